The molecule has 1 saturated carbocycles. The molecule has 1 aliphatic carbocycles. The van der Waals surface area contributed by atoms with E-state index in [1.165, 1.54) is 18.4 Å². The van der Waals surface area contributed by atoms with E-state index in [9.17, 15) is 5.11 Å². The summed E-state index contributed by atoms with van der Waals surface area (Å²) in [6.07, 6.45) is 2.62. The summed E-state index contributed by atoms with van der Waals surface area (Å²) in [6.45, 7) is 6.03. The van der Waals surface area contributed by atoms with Crippen molar-refractivity contribution in [2.75, 3.05) is 6.79 Å². The largest absolute Gasteiger partial charge is 1.00 e. The van der Waals surface area contributed by atoms with Crippen molar-refractivity contribution in [1.82, 2.24) is 0 Å². The van der Waals surface area contributed by atoms with Crippen LogP contribution in [-0.4, -0.2) is 21.5 Å². The number of para-hydroxylation sites is 1. The van der Waals surface area contributed by atoms with Crippen molar-refractivity contribution in [2.24, 2.45) is 5.92 Å². The van der Waals surface area contributed by atoms with Crippen molar-refractivity contribution in [3.8, 4) is 5.75 Å². The Balaban J connectivity index is 0.000000709. The molecule has 3 N–H and O–H groups in total. The molecule has 126 valence electrons. The average Bonchev–Trinajstić information content (AvgIpc) is 3.20. The molecule has 1 aromatic rings. The van der Waals surface area contributed by atoms with E-state index in [0.717, 1.165) is 17.2 Å². The number of phosphoric acid groups is 1. The first-order valence-electron chi connectivity index (χ1n) is 7.27. The van der Waals surface area contributed by atoms with E-state index < -0.39 is 14.6 Å². The molecule has 0 heterocycles. The van der Waals surface area contributed by atoms with Crippen LogP contribution < -0.4 is 61.2 Å². The minimum absolute atomic E-state index is 0. The molecular weight excluding hydrogens is 346 g/mol. The molecule has 8 heteroatoms. The molecule has 2 rings (SSSR count). The second kappa shape index (κ2) is 10.7. The number of benzene rings is 1. The third-order valence-corrected chi connectivity index (χ3v) is 3.72. The number of ether oxygens (including phenoxy) is 1. The van der Waals surface area contributed by atoms with Gasteiger partial charge in [-0.3, -0.25) is 0 Å². The summed E-state index contributed by atoms with van der Waals surface area (Å²) in [5.41, 5.74) is 2.38. The van der Waals surface area contributed by atoms with E-state index in [-0.39, 0.29) is 51.4 Å². The van der Waals surface area contributed by atoms with Crippen molar-refractivity contribution >= 4 is 7.82 Å². The van der Waals surface area contributed by atoms with Gasteiger partial charge in [0.05, 0.1) is 0 Å². The van der Waals surface area contributed by atoms with Crippen LogP contribution >= 0.6 is 7.82 Å². The third-order valence-electron chi connectivity index (χ3n) is 3.72. The average molecular weight is 370 g/mol. The van der Waals surface area contributed by atoms with Gasteiger partial charge in [-0.1, -0.05) is 39.0 Å². The predicted molar refractivity (Wildman–Crippen MR) is 81.4 cm³/mol. The second-order valence-electron chi connectivity index (χ2n) is 5.82. The quantitative estimate of drug-likeness (QED) is 0.352. The molecule has 0 bridgehead atoms. The van der Waals surface area contributed by atoms with Crippen molar-refractivity contribution < 1.29 is 80.5 Å². The molecule has 0 spiro atoms. The number of hydrogen-bond acceptors (Lipinski definition) is 3. The van der Waals surface area contributed by atoms with Crippen LogP contribution in [0, 0.1) is 5.92 Å². The van der Waals surface area contributed by atoms with Gasteiger partial charge in [0.25, 0.3) is 0 Å². The molecule has 0 unspecified atom stereocenters. The molecule has 0 aliphatic heterocycles. The summed E-state index contributed by atoms with van der Waals surface area (Å²) in [5.74, 6) is 2.53. The standard InChI is InChI=1S/C15H21O2.K.H3O4P/c1-10(2)13-5-4-6-14(15(13)17-9-16)11(3)12-7-8-12;;1-5(2,3)4/h4-6,10-12H,7-9H2,1-3H3;;(H3,1,2,3,4)/q-1;+1;/t11-;;/m1../s1. The molecular formula is C15H24KO6P. The molecule has 1 atom stereocenters. The van der Waals surface area contributed by atoms with Gasteiger partial charge in [-0.25, -0.2) is 4.57 Å². The summed E-state index contributed by atoms with van der Waals surface area (Å²) in [5, 5.41) is 10.8. The van der Waals surface area contributed by atoms with Crippen LogP contribution in [0.25, 0.3) is 0 Å². The fourth-order valence-electron chi connectivity index (χ4n) is 2.46. The summed E-state index contributed by atoms with van der Waals surface area (Å²) < 4.78 is 14.3. The first-order chi connectivity index (χ1) is 10.1. The van der Waals surface area contributed by atoms with Crippen molar-refractivity contribution in [3.05, 3.63) is 29.3 Å². The van der Waals surface area contributed by atoms with Crippen LogP contribution in [0.1, 0.15) is 56.6 Å². The molecule has 0 aromatic heterocycles. The Morgan fingerprint density at radius 2 is 1.70 bits per heavy atom. The summed E-state index contributed by atoms with van der Waals surface area (Å²) >= 11 is 0. The fourth-order valence-corrected chi connectivity index (χ4v) is 2.46. The first-order valence-corrected chi connectivity index (χ1v) is 8.83. The van der Waals surface area contributed by atoms with Crippen LogP contribution in [0.3, 0.4) is 0 Å². The Morgan fingerprint density at radius 1 is 1.22 bits per heavy atom. The number of rotatable bonds is 5. The van der Waals surface area contributed by atoms with Gasteiger partial charge in [0, 0.05) is 6.79 Å². The first kappa shape index (κ1) is 23.7. The van der Waals surface area contributed by atoms with Gasteiger partial charge in [-0.2, -0.15) is 0 Å². The Labute approximate surface area is 179 Å². The van der Waals surface area contributed by atoms with Crippen LogP contribution in [0.5, 0.6) is 5.75 Å². The van der Waals surface area contributed by atoms with Crippen LogP contribution in [0.2, 0.25) is 0 Å². The normalized spacial score (nSPS) is 15.3. The van der Waals surface area contributed by atoms with Crippen molar-refractivity contribution in [3.63, 3.8) is 0 Å². The maximum Gasteiger partial charge on any atom is 1.00 e. The van der Waals surface area contributed by atoms with Crippen LogP contribution in [-0.2, 0) is 4.57 Å². The van der Waals surface area contributed by atoms with Gasteiger partial charge >= 0.3 is 59.2 Å². The van der Waals surface area contributed by atoms with Gasteiger partial charge in [-0.15, -0.1) is 0 Å². The summed E-state index contributed by atoms with van der Waals surface area (Å²) in [6, 6.07) is 6.26. The van der Waals surface area contributed by atoms with Gasteiger partial charge in [0.1, 0.15) is 5.75 Å². The van der Waals surface area contributed by atoms with E-state index in [4.69, 9.17) is 24.0 Å². The Bertz CT molecular complexity index is 518. The Morgan fingerprint density at radius 3 is 2.09 bits per heavy atom. The van der Waals surface area contributed by atoms with Gasteiger partial charge in [0.2, 0.25) is 0 Å². The van der Waals surface area contributed by atoms with Crippen LogP contribution in [0.4, 0.5) is 0 Å². The summed E-state index contributed by atoms with van der Waals surface area (Å²) in [7, 11) is -4.64. The zero-order valence-electron chi connectivity index (χ0n) is 14.1. The van der Waals surface area contributed by atoms with Gasteiger partial charge in [-0.05, 0) is 41.7 Å². The second-order valence-corrected chi connectivity index (χ2v) is 6.85. The molecule has 6 nitrogen and oxygen atoms in total. The van der Waals surface area contributed by atoms with E-state index in [2.05, 4.69) is 39.0 Å². The van der Waals surface area contributed by atoms with Crippen molar-refractivity contribution in [2.45, 2.75) is 45.4 Å². The number of hydrogen-bond donors (Lipinski definition) is 3. The monoisotopic (exact) mass is 370 g/mol. The minimum atomic E-state index is -4.64. The molecule has 1 aliphatic rings. The molecule has 0 amide bonds. The van der Waals surface area contributed by atoms with Crippen LogP contribution in [0.15, 0.2) is 18.2 Å². The van der Waals surface area contributed by atoms with E-state index >= 15 is 0 Å². The Hall–Kier alpha value is 0.726. The maximum absolute atomic E-state index is 10.8. The zero-order chi connectivity index (χ0) is 16.9. The zero-order valence-corrected chi connectivity index (χ0v) is 18.1. The molecule has 23 heavy (non-hydrogen) atoms. The SMILES string of the molecule is CC(C)c1cccc([C@H](C)C2CC2)c1OC[O-].O=P(O)(O)O.[K+]. The third kappa shape index (κ3) is 9.12. The molecule has 0 saturated heterocycles. The smallest absolute Gasteiger partial charge is 0.824 e. The maximum atomic E-state index is 10.8. The Kier molecular flexibility index (Phi) is 11.0. The van der Waals surface area contributed by atoms with E-state index in [1.54, 1.807) is 0 Å². The fraction of sp³-hybridized carbons (Fsp3) is 0.600. The molecule has 1 aromatic carbocycles. The van der Waals surface area contributed by atoms with E-state index in [1.807, 2.05) is 0 Å². The van der Waals surface area contributed by atoms with E-state index in [0.29, 0.717) is 11.8 Å². The predicted octanol–water partition coefficient (Wildman–Crippen LogP) is -0.904. The summed E-state index contributed by atoms with van der Waals surface area (Å²) in [4.78, 5) is 21.6. The van der Waals surface area contributed by atoms with Gasteiger partial charge in [0.15, 0.2) is 0 Å². The molecule has 1 fully saturated rings. The van der Waals surface area contributed by atoms with Gasteiger partial charge < -0.3 is 24.5 Å². The topological polar surface area (TPSA) is 110 Å². The molecule has 0 radical (unpaired) electrons. The van der Waals surface area contributed by atoms with Crippen molar-refractivity contribution in [1.29, 1.82) is 0 Å². The minimum Gasteiger partial charge on any atom is -0.824 e.